The molecule has 0 saturated carbocycles. The number of ether oxygens (including phenoxy) is 2. The predicted octanol–water partition coefficient (Wildman–Crippen LogP) is 4.23. The molecule has 0 radical (unpaired) electrons. The third-order valence-electron chi connectivity index (χ3n) is 5.47. The van der Waals surface area contributed by atoms with Crippen molar-refractivity contribution in [2.24, 2.45) is 0 Å². The summed E-state index contributed by atoms with van der Waals surface area (Å²) in [6.07, 6.45) is 3.35. The predicted molar refractivity (Wildman–Crippen MR) is 131 cm³/mol. The number of aromatic nitrogens is 3. The Morgan fingerprint density at radius 3 is 2.26 bits per heavy atom. The fourth-order valence-corrected chi connectivity index (χ4v) is 5.01. The van der Waals surface area contributed by atoms with Gasteiger partial charge in [0.1, 0.15) is 6.73 Å². The van der Waals surface area contributed by atoms with E-state index in [-0.39, 0.29) is 24.1 Å². The zero-order chi connectivity index (χ0) is 24.8. The zero-order valence-electron chi connectivity index (χ0n) is 19.7. The first kappa shape index (κ1) is 24.5. The quantitative estimate of drug-likeness (QED) is 0.238. The van der Waals surface area contributed by atoms with Crippen LogP contribution in [0.3, 0.4) is 0 Å². The summed E-state index contributed by atoms with van der Waals surface area (Å²) in [5.41, 5.74) is 3.33. The van der Waals surface area contributed by atoms with Crippen LogP contribution in [0.2, 0.25) is 0 Å². The molecule has 0 unspecified atom stereocenters. The molecule has 0 saturated heterocycles. The van der Waals surface area contributed by atoms with Gasteiger partial charge in [-0.2, -0.15) is 0 Å². The van der Waals surface area contributed by atoms with Crippen LogP contribution < -0.4 is 4.31 Å². The molecule has 2 heterocycles. The summed E-state index contributed by atoms with van der Waals surface area (Å²) in [4.78, 5) is 8.65. The van der Waals surface area contributed by atoms with Crippen LogP contribution in [0.4, 0.5) is 5.88 Å². The molecule has 0 atom stereocenters. The molecule has 0 bridgehead atoms. The van der Waals surface area contributed by atoms with Gasteiger partial charge < -0.3 is 14.0 Å². The fraction of sp³-hybridized carbons (Fsp3) is 0.240. The van der Waals surface area contributed by atoms with Crippen molar-refractivity contribution in [3.05, 3.63) is 78.2 Å². The number of nitrogens with zero attached hydrogens (tertiary/aromatic N) is 4. The number of hydrogen-bond donors (Lipinski definition) is 0. The van der Waals surface area contributed by atoms with Crippen molar-refractivity contribution >= 4 is 15.9 Å². The van der Waals surface area contributed by atoms with Crippen LogP contribution in [0.5, 0.6) is 0 Å². The van der Waals surface area contributed by atoms with Crippen molar-refractivity contribution < 1.29 is 22.4 Å². The van der Waals surface area contributed by atoms with E-state index in [0.717, 1.165) is 15.4 Å². The fourth-order valence-electron chi connectivity index (χ4n) is 3.46. The summed E-state index contributed by atoms with van der Waals surface area (Å²) in [6.45, 7) is 3.81. The Hall–Kier alpha value is -3.60. The summed E-state index contributed by atoms with van der Waals surface area (Å²) in [7, 11) is -2.53. The Kier molecular flexibility index (Phi) is 7.54. The van der Waals surface area contributed by atoms with Gasteiger partial charge in [-0.1, -0.05) is 47.6 Å². The molecule has 9 nitrogen and oxygen atoms in total. The molecule has 0 fully saturated rings. The Morgan fingerprint density at radius 1 is 0.914 bits per heavy atom. The van der Waals surface area contributed by atoms with Crippen LogP contribution in [-0.2, 0) is 19.5 Å². The van der Waals surface area contributed by atoms with Crippen molar-refractivity contribution in [1.29, 1.82) is 0 Å². The van der Waals surface area contributed by atoms with Gasteiger partial charge in [-0.15, -0.1) is 0 Å². The monoisotopic (exact) mass is 494 g/mol. The third-order valence-corrected chi connectivity index (χ3v) is 7.24. The molecule has 0 aliphatic carbocycles. The summed E-state index contributed by atoms with van der Waals surface area (Å²) in [6, 6.07) is 16.0. The molecule has 0 aliphatic heterocycles. The maximum absolute atomic E-state index is 13.9. The number of hydrogen-bond acceptors (Lipinski definition) is 8. The molecule has 4 rings (SSSR count). The third kappa shape index (κ3) is 5.24. The summed E-state index contributed by atoms with van der Waals surface area (Å²) in [5, 5.41) is 3.93. The summed E-state index contributed by atoms with van der Waals surface area (Å²) in [5.74, 6) is 0.710. The Balaban J connectivity index is 1.73. The molecule has 10 heteroatoms. The minimum absolute atomic E-state index is 0.117. The maximum Gasteiger partial charge on any atom is 0.269 e. The zero-order valence-corrected chi connectivity index (χ0v) is 20.5. The van der Waals surface area contributed by atoms with E-state index in [2.05, 4.69) is 15.1 Å². The normalized spacial score (nSPS) is 11.5. The van der Waals surface area contributed by atoms with E-state index < -0.39 is 10.0 Å². The van der Waals surface area contributed by atoms with E-state index in [4.69, 9.17) is 14.0 Å². The van der Waals surface area contributed by atoms with Crippen LogP contribution in [-0.4, -0.2) is 50.6 Å². The highest BCUT2D eigenvalue weighted by Crippen LogP contribution is 2.34. The lowest BCUT2D eigenvalue weighted by Gasteiger charge is -2.23. The van der Waals surface area contributed by atoms with E-state index in [9.17, 15) is 8.42 Å². The highest BCUT2D eigenvalue weighted by molar-refractivity contribution is 7.93. The Morgan fingerprint density at radius 2 is 1.60 bits per heavy atom. The number of methoxy groups -OCH3 is 1. The van der Waals surface area contributed by atoms with Gasteiger partial charge in [-0.3, -0.25) is 0 Å². The van der Waals surface area contributed by atoms with Gasteiger partial charge in [-0.05, 0) is 31.5 Å². The van der Waals surface area contributed by atoms with E-state index in [1.165, 1.54) is 0 Å². The molecular weight excluding hydrogens is 468 g/mol. The van der Waals surface area contributed by atoms with Crippen LogP contribution in [0, 0.1) is 13.8 Å². The average molecular weight is 495 g/mol. The first-order chi connectivity index (χ1) is 16.9. The molecule has 2 aromatic carbocycles. The van der Waals surface area contributed by atoms with Gasteiger partial charge in [0.05, 0.1) is 23.8 Å². The number of rotatable bonds is 10. The van der Waals surface area contributed by atoms with Crippen molar-refractivity contribution in [2.75, 3.05) is 31.4 Å². The SMILES string of the molecule is COCCOCN(c1onc(C)c1C)S(=O)(=O)c1ccccc1-c1ccc(-c2ncccn2)cc1. The molecule has 0 aliphatic rings. The molecule has 35 heavy (non-hydrogen) atoms. The highest BCUT2D eigenvalue weighted by Gasteiger charge is 2.32. The lowest BCUT2D eigenvalue weighted by Crippen LogP contribution is -2.34. The number of anilines is 1. The first-order valence-electron chi connectivity index (χ1n) is 10.9. The van der Waals surface area contributed by atoms with E-state index >= 15 is 0 Å². The van der Waals surface area contributed by atoms with Crippen molar-refractivity contribution in [3.63, 3.8) is 0 Å². The van der Waals surface area contributed by atoms with Crippen molar-refractivity contribution in [2.45, 2.75) is 18.7 Å². The molecule has 182 valence electrons. The molecular formula is C25H26N4O5S. The van der Waals surface area contributed by atoms with Gasteiger partial charge in [0.25, 0.3) is 10.0 Å². The molecule has 4 aromatic rings. The van der Waals surface area contributed by atoms with Crippen LogP contribution >= 0.6 is 0 Å². The topological polar surface area (TPSA) is 108 Å². The lowest BCUT2D eigenvalue weighted by atomic mass is 10.0. The van der Waals surface area contributed by atoms with E-state index in [1.807, 2.05) is 24.3 Å². The van der Waals surface area contributed by atoms with Crippen molar-refractivity contribution in [1.82, 2.24) is 15.1 Å². The van der Waals surface area contributed by atoms with E-state index in [0.29, 0.717) is 29.3 Å². The van der Waals surface area contributed by atoms with E-state index in [1.54, 1.807) is 63.7 Å². The second-order valence-corrected chi connectivity index (χ2v) is 9.56. The molecule has 0 N–H and O–H groups in total. The average Bonchev–Trinajstić information content (AvgIpc) is 3.22. The molecule has 0 spiro atoms. The number of sulfonamides is 1. The standard InChI is InChI=1S/C25H26N4O5S/c1-18-19(2)28-34-25(18)29(17-33-16-15-32-3)35(30,31)23-8-5-4-7-22(23)20-9-11-21(12-10-20)24-26-13-6-14-27-24/h4-14H,15-17H2,1-3H3. The second-order valence-electron chi connectivity index (χ2n) is 7.73. The highest BCUT2D eigenvalue weighted by atomic mass is 32.2. The van der Waals surface area contributed by atoms with Crippen LogP contribution in [0.15, 0.2) is 76.4 Å². The lowest BCUT2D eigenvalue weighted by molar-refractivity contribution is 0.0744. The van der Waals surface area contributed by atoms with Gasteiger partial charge in [-0.25, -0.2) is 22.7 Å². The minimum Gasteiger partial charge on any atom is -0.382 e. The van der Waals surface area contributed by atoms with Crippen molar-refractivity contribution in [3.8, 4) is 22.5 Å². The number of aryl methyl sites for hydroxylation is 1. The van der Waals surface area contributed by atoms with Gasteiger partial charge >= 0.3 is 0 Å². The maximum atomic E-state index is 13.9. The van der Waals surface area contributed by atoms with Gasteiger partial charge in [0.15, 0.2) is 5.82 Å². The molecule has 0 amide bonds. The summed E-state index contributed by atoms with van der Waals surface area (Å²) < 4.78 is 45.0. The van der Waals surface area contributed by atoms with Crippen LogP contribution in [0.1, 0.15) is 11.3 Å². The first-order valence-corrected chi connectivity index (χ1v) is 12.4. The van der Waals surface area contributed by atoms with Gasteiger partial charge in [0, 0.05) is 36.2 Å². The Bertz CT molecular complexity index is 1370. The van der Waals surface area contributed by atoms with Gasteiger partial charge in [0.2, 0.25) is 5.88 Å². The molecule has 2 aromatic heterocycles. The smallest absolute Gasteiger partial charge is 0.269 e. The van der Waals surface area contributed by atoms with Crippen LogP contribution in [0.25, 0.3) is 22.5 Å². The largest absolute Gasteiger partial charge is 0.382 e. The summed E-state index contributed by atoms with van der Waals surface area (Å²) >= 11 is 0. The minimum atomic E-state index is -4.08. The number of benzene rings is 2. The Labute approximate surface area is 204 Å². The second kappa shape index (κ2) is 10.8.